The Kier molecular flexibility index (Phi) is 6.02. The van der Waals surface area contributed by atoms with Crippen LogP contribution in [0.3, 0.4) is 0 Å². The number of rotatable bonds is 6. The van der Waals surface area contributed by atoms with Gasteiger partial charge in [0.1, 0.15) is 0 Å². The normalized spacial score (nSPS) is 12.2. The van der Waals surface area contributed by atoms with Gasteiger partial charge in [-0.25, -0.2) is 4.68 Å². The van der Waals surface area contributed by atoms with Crippen LogP contribution in [0.1, 0.15) is 20.3 Å². The molecule has 0 saturated heterocycles. The first-order valence-electron chi connectivity index (χ1n) is 7.05. The minimum absolute atomic E-state index is 0.107. The molecule has 0 aromatic carbocycles. The van der Waals surface area contributed by atoms with Gasteiger partial charge < -0.3 is 4.90 Å². The smallest absolute Gasteiger partial charge is 0.228 e. The molecule has 0 radical (unpaired) electrons. The average molecular weight is 383 g/mol. The van der Waals surface area contributed by atoms with Crippen molar-refractivity contribution in [3.63, 3.8) is 0 Å². The van der Waals surface area contributed by atoms with Crippen LogP contribution in [0, 0.1) is 0 Å². The van der Waals surface area contributed by atoms with Crippen molar-refractivity contribution in [3.8, 4) is 5.69 Å². The fraction of sp³-hybridized carbons (Fsp3) is 0.400. The molecule has 0 N–H and O–H groups in total. The van der Waals surface area contributed by atoms with Crippen LogP contribution in [-0.4, -0.2) is 38.7 Å². The fourth-order valence-electron chi connectivity index (χ4n) is 2.07. The zero-order valence-corrected chi connectivity index (χ0v) is 15.3. The lowest BCUT2D eigenvalue weighted by Gasteiger charge is -2.21. The van der Waals surface area contributed by atoms with Gasteiger partial charge in [0.15, 0.2) is 4.60 Å². The van der Waals surface area contributed by atoms with E-state index in [1.807, 2.05) is 31.5 Å². The number of pyridine rings is 1. The summed E-state index contributed by atoms with van der Waals surface area (Å²) in [6.07, 6.45) is 7.84. The Labute approximate surface area is 143 Å². The van der Waals surface area contributed by atoms with Crippen molar-refractivity contribution >= 4 is 39.3 Å². The third-order valence-electron chi connectivity index (χ3n) is 3.33. The van der Waals surface area contributed by atoms with E-state index in [4.69, 9.17) is 0 Å². The second kappa shape index (κ2) is 7.78. The van der Waals surface area contributed by atoms with Gasteiger partial charge in [0.2, 0.25) is 5.91 Å². The van der Waals surface area contributed by atoms with E-state index in [1.165, 1.54) is 0 Å². The Bertz CT molecular complexity index is 632. The van der Waals surface area contributed by atoms with Crippen molar-refractivity contribution in [1.29, 1.82) is 0 Å². The molecule has 5 nitrogen and oxygen atoms in total. The van der Waals surface area contributed by atoms with Gasteiger partial charge in [-0.2, -0.15) is 16.9 Å². The molecule has 2 heterocycles. The number of carbonyl (C=O) groups excluding carboxylic acids is 1. The van der Waals surface area contributed by atoms with Gasteiger partial charge >= 0.3 is 0 Å². The summed E-state index contributed by atoms with van der Waals surface area (Å²) in [5, 5.41) is 4.73. The van der Waals surface area contributed by atoms with E-state index in [2.05, 4.69) is 32.9 Å². The Hall–Kier alpha value is -1.34. The number of hydrogen-bond acceptors (Lipinski definition) is 4. The number of amides is 1. The fourth-order valence-corrected chi connectivity index (χ4v) is 2.86. The van der Waals surface area contributed by atoms with Crippen LogP contribution in [0.2, 0.25) is 0 Å². The molecule has 0 spiro atoms. The van der Waals surface area contributed by atoms with E-state index < -0.39 is 0 Å². The molecule has 2 aromatic heterocycles. The van der Waals surface area contributed by atoms with E-state index in [0.29, 0.717) is 22.8 Å². The van der Waals surface area contributed by atoms with Crippen molar-refractivity contribution in [2.24, 2.45) is 0 Å². The molecule has 0 bridgehead atoms. The summed E-state index contributed by atoms with van der Waals surface area (Å²) < 4.78 is 2.38. The summed E-state index contributed by atoms with van der Waals surface area (Å²) in [6, 6.07) is 3.78. The molecule has 7 heteroatoms. The first-order chi connectivity index (χ1) is 10.6. The van der Waals surface area contributed by atoms with Gasteiger partial charge in [-0.1, -0.05) is 6.92 Å². The number of hydrogen-bond donors (Lipinski definition) is 0. The Morgan fingerprint density at radius 2 is 2.32 bits per heavy atom. The third kappa shape index (κ3) is 3.89. The lowest BCUT2D eigenvalue weighted by Crippen LogP contribution is -2.32. The molecule has 22 heavy (non-hydrogen) atoms. The van der Waals surface area contributed by atoms with Crippen LogP contribution in [0.4, 0.5) is 5.69 Å². The molecule has 118 valence electrons. The van der Waals surface area contributed by atoms with Gasteiger partial charge in [-0.15, -0.1) is 0 Å². The first-order valence-corrected chi connectivity index (χ1v) is 9.13. The second-order valence-electron chi connectivity index (χ2n) is 4.85. The standard InChI is InChI=1S/C15H19BrN4OS/c1-4-19(14(21)8-11(2)22-3)13-10-20(18-15(13)16)12-6-5-7-17-9-12/h5-7,9-11H,4,8H2,1-3H3. The summed E-state index contributed by atoms with van der Waals surface area (Å²) in [5.74, 6) is 0.107. The van der Waals surface area contributed by atoms with Crippen LogP contribution in [0.5, 0.6) is 0 Å². The molecule has 1 atom stereocenters. The Morgan fingerprint density at radius 3 is 2.91 bits per heavy atom. The lowest BCUT2D eigenvalue weighted by molar-refractivity contribution is -0.118. The van der Waals surface area contributed by atoms with Crippen molar-refractivity contribution in [1.82, 2.24) is 14.8 Å². The summed E-state index contributed by atoms with van der Waals surface area (Å²) in [7, 11) is 0. The maximum absolute atomic E-state index is 12.5. The van der Waals surface area contributed by atoms with Crippen molar-refractivity contribution in [2.75, 3.05) is 17.7 Å². The van der Waals surface area contributed by atoms with Crippen molar-refractivity contribution in [3.05, 3.63) is 35.3 Å². The highest BCUT2D eigenvalue weighted by atomic mass is 79.9. The van der Waals surface area contributed by atoms with E-state index in [9.17, 15) is 4.79 Å². The SMILES string of the molecule is CCN(C(=O)CC(C)SC)c1cn(-c2cccnc2)nc1Br. The molecule has 1 amide bonds. The highest BCUT2D eigenvalue weighted by molar-refractivity contribution is 9.10. The molecular weight excluding hydrogens is 364 g/mol. The Morgan fingerprint density at radius 1 is 1.55 bits per heavy atom. The number of anilines is 1. The quantitative estimate of drug-likeness (QED) is 0.766. The molecule has 2 rings (SSSR count). The molecule has 0 fully saturated rings. The van der Waals surface area contributed by atoms with Crippen molar-refractivity contribution < 1.29 is 4.79 Å². The lowest BCUT2D eigenvalue weighted by atomic mass is 10.3. The molecule has 0 aliphatic carbocycles. The number of thioether (sulfide) groups is 1. The molecular formula is C15H19BrN4OS. The second-order valence-corrected chi connectivity index (χ2v) is 6.88. The highest BCUT2D eigenvalue weighted by Crippen LogP contribution is 2.27. The summed E-state index contributed by atoms with van der Waals surface area (Å²) >= 11 is 5.15. The summed E-state index contributed by atoms with van der Waals surface area (Å²) in [5.41, 5.74) is 1.64. The monoisotopic (exact) mass is 382 g/mol. The van der Waals surface area contributed by atoms with Gasteiger partial charge in [-0.05, 0) is 41.2 Å². The maximum atomic E-state index is 12.5. The van der Waals surface area contributed by atoms with Gasteiger partial charge in [0.05, 0.1) is 23.8 Å². The molecule has 2 aromatic rings. The van der Waals surface area contributed by atoms with Gasteiger partial charge in [-0.3, -0.25) is 9.78 Å². The number of aromatic nitrogens is 3. The van der Waals surface area contributed by atoms with Crippen molar-refractivity contribution in [2.45, 2.75) is 25.5 Å². The topological polar surface area (TPSA) is 51.0 Å². The largest absolute Gasteiger partial charge is 0.309 e. The van der Waals surface area contributed by atoms with Gasteiger partial charge in [0, 0.05) is 24.4 Å². The number of nitrogens with zero attached hydrogens (tertiary/aromatic N) is 4. The number of carbonyl (C=O) groups is 1. The summed E-state index contributed by atoms with van der Waals surface area (Å²) in [6.45, 7) is 4.64. The summed E-state index contributed by atoms with van der Waals surface area (Å²) in [4.78, 5) is 18.3. The number of halogens is 1. The van der Waals surface area contributed by atoms with E-state index in [1.54, 1.807) is 33.7 Å². The van der Waals surface area contributed by atoms with Crippen LogP contribution >= 0.6 is 27.7 Å². The average Bonchev–Trinajstić information content (AvgIpc) is 2.91. The molecule has 0 saturated carbocycles. The molecule has 0 aliphatic heterocycles. The van der Waals surface area contributed by atoms with E-state index in [-0.39, 0.29) is 5.91 Å². The minimum Gasteiger partial charge on any atom is -0.309 e. The van der Waals surface area contributed by atoms with Crippen LogP contribution in [0.25, 0.3) is 5.69 Å². The molecule has 0 aliphatic rings. The zero-order chi connectivity index (χ0) is 16.1. The minimum atomic E-state index is 0.107. The Balaban J connectivity index is 2.27. The first kappa shape index (κ1) is 17.0. The van der Waals surface area contributed by atoms with Crippen LogP contribution < -0.4 is 4.90 Å². The third-order valence-corrected chi connectivity index (χ3v) is 4.87. The predicted octanol–water partition coefficient (Wildman–Crippen LogP) is 3.52. The molecule has 1 unspecified atom stereocenters. The zero-order valence-electron chi connectivity index (χ0n) is 12.9. The van der Waals surface area contributed by atoms with Crippen LogP contribution in [0.15, 0.2) is 35.3 Å². The van der Waals surface area contributed by atoms with E-state index in [0.717, 1.165) is 11.4 Å². The highest BCUT2D eigenvalue weighted by Gasteiger charge is 2.21. The van der Waals surface area contributed by atoms with Crippen LogP contribution in [-0.2, 0) is 4.79 Å². The maximum Gasteiger partial charge on any atom is 0.228 e. The van der Waals surface area contributed by atoms with E-state index >= 15 is 0 Å². The van der Waals surface area contributed by atoms with Gasteiger partial charge in [0.25, 0.3) is 0 Å². The predicted molar refractivity (Wildman–Crippen MR) is 94.7 cm³/mol.